The van der Waals surface area contributed by atoms with E-state index >= 15 is 0 Å². The van der Waals surface area contributed by atoms with Crippen LogP contribution >= 0.6 is 12.4 Å². The van der Waals surface area contributed by atoms with Crippen LogP contribution in [0.4, 0.5) is 0 Å². The molecule has 0 saturated heterocycles. The van der Waals surface area contributed by atoms with E-state index in [4.69, 9.17) is 0 Å². The minimum Gasteiger partial charge on any atom is -0.306 e. The molecule has 1 atom stereocenters. The Balaban J connectivity index is 0.00000364. The molecule has 1 amide bonds. The molecule has 0 aliphatic heterocycles. The number of carbonyl (C=O) groups excluding carboxylic acids is 1. The summed E-state index contributed by atoms with van der Waals surface area (Å²) in [7, 11) is 0. The Morgan fingerprint density at radius 2 is 1.67 bits per heavy atom. The van der Waals surface area contributed by atoms with Crippen LogP contribution in [0, 0.1) is 27.7 Å². The molecule has 0 aliphatic rings. The summed E-state index contributed by atoms with van der Waals surface area (Å²) in [6, 6.07) is 12.6. The van der Waals surface area contributed by atoms with Gasteiger partial charge in [-0.2, -0.15) is 5.10 Å². The zero-order chi connectivity index (χ0) is 19.1. The predicted octanol–water partition coefficient (Wildman–Crippen LogP) is 4.01. The lowest BCUT2D eigenvalue weighted by Crippen LogP contribution is -2.37. The van der Waals surface area contributed by atoms with Gasteiger partial charge in [-0.05, 0) is 68.9 Å². The number of hydrazone groups is 1. The summed E-state index contributed by atoms with van der Waals surface area (Å²) < 4.78 is 0. The third-order valence-corrected chi connectivity index (χ3v) is 4.80. The van der Waals surface area contributed by atoms with Crippen LogP contribution < -0.4 is 10.7 Å². The molecule has 146 valence electrons. The van der Waals surface area contributed by atoms with E-state index in [2.05, 4.69) is 68.7 Å². The molecule has 0 aromatic heterocycles. The van der Waals surface area contributed by atoms with Crippen LogP contribution in [0.15, 0.2) is 41.5 Å². The van der Waals surface area contributed by atoms with E-state index in [9.17, 15) is 4.79 Å². The van der Waals surface area contributed by atoms with Crippen molar-refractivity contribution in [3.63, 3.8) is 0 Å². The van der Waals surface area contributed by atoms with Gasteiger partial charge in [0.15, 0.2) is 0 Å². The van der Waals surface area contributed by atoms with Gasteiger partial charge in [0.25, 0.3) is 5.91 Å². The van der Waals surface area contributed by atoms with Gasteiger partial charge < -0.3 is 5.32 Å². The Morgan fingerprint density at radius 1 is 1.07 bits per heavy atom. The molecule has 0 heterocycles. The fraction of sp³-hybridized carbons (Fsp3) is 0.364. The number of nitrogens with zero attached hydrogens (tertiary/aromatic N) is 1. The predicted molar refractivity (Wildman–Crippen MR) is 116 cm³/mol. The number of nitrogens with one attached hydrogen (secondary N) is 2. The van der Waals surface area contributed by atoms with E-state index in [1.54, 1.807) is 6.21 Å². The molecule has 1 unspecified atom stereocenters. The van der Waals surface area contributed by atoms with E-state index in [0.717, 1.165) is 12.0 Å². The molecule has 4 nitrogen and oxygen atoms in total. The molecule has 2 N–H and O–H groups in total. The van der Waals surface area contributed by atoms with Gasteiger partial charge >= 0.3 is 0 Å². The minimum absolute atomic E-state index is 0. The molecule has 0 bridgehead atoms. The fourth-order valence-electron chi connectivity index (χ4n) is 2.96. The van der Waals surface area contributed by atoms with E-state index in [-0.39, 0.29) is 30.9 Å². The van der Waals surface area contributed by atoms with Crippen LogP contribution in [0.25, 0.3) is 0 Å². The average molecular weight is 388 g/mol. The second-order valence-electron chi connectivity index (χ2n) is 6.94. The Kier molecular flexibility index (Phi) is 9.19. The van der Waals surface area contributed by atoms with Crippen molar-refractivity contribution in [2.24, 2.45) is 5.10 Å². The summed E-state index contributed by atoms with van der Waals surface area (Å²) in [5, 5.41) is 7.38. The highest BCUT2D eigenvalue weighted by molar-refractivity contribution is 5.86. The molecule has 5 heteroatoms. The van der Waals surface area contributed by atoms with Gasteiger partial charge in [-0.1, -0.05) is 36.4 Å². The van der Waals surface area contributed by atoms with E-state index in [1.807, 2.05) is 18.2 Å². The highest BCUT2D eigenvalue weighted by atomic mass is 35.5. The highest BCUT2D eigenvalue weighted by Gasteiger charge is 2.08. The molecular formula is C22H30ClN3O. The third kappa shape index (κ3) is 6.81. The quantitative estimate of drug-likeness (QED) is 0.557. The largest absolute Gasteiger partial charge is 0.306 e. The molecule has 0 spiro atoms. The van der Waals surface area contributed by atoms with Crippen molar-refractivity contribution in [3.05, 3.63) is 69.8 Å². The lowest BCUT2D eigenvalue weighted by molar-refractivity contribution is -0.120. The van der Waals surface area contributed by atoms with Gasteiger partial charge in [-0.25, -0.2) is 5.43 Å². The maximum Gasteiger partial charge on any atom is 0.254 e. The van der Waals surface area contributed by atoms with E-state index in [1.165, 1.54) is 27.8 Å². The number of carbonyl (C=O) groups is 1. The standard InChI is InChI=1S/C22H29N3O.ClH/c1-15-11-16(2)19(5)21(18(15)4)13-24-25-22(26)14-23-17(3)12-20-9-7-6-8-10-20;/h6-11,13,17,23H,12,14H2,1-5H3,(H,25,26);1H/b24-13+;. The second kappa shape index (κ2) is 10.9. The lowest BCUT2D eigenvalue weighted by atomic mass is 9.95. The van der Waals surface area contributed by atoms with Crippen LogP contribution in [-0.2, 0) is 11.2 Å². The third-order valence-electron chi connectivity index (χ3n) is 4.80. The normalized spacial score (nSPS) is 11.9. The first-order valence-corrected chi connectivity index (χ1v) is 9.05. The first-order chi connectivity index (χ1) is 12.4. The number of rotatable bonds is 7. The molecule has 2 aromatic carbocycles. The van der Waals surface area contributed by atoms with Gasteiger partial charge in [0, 0.05) is 11.6 Å². The molecular weight excluding hydrogens is 358 g/mol. The number of benzene rings is 2. The van der Waals surface area contributed by atoms with Gasteiger partial charge in [0.05, 0.1) is 12.8 Å². The summed E-state index contributed by atoms with van der Waals surface area (Å²) in [6.07, 6.45) is 2.63. The molecule has 27 heavy (non-hydrogen) atoms. The first-order valence-electron chi connectivity index (χ1n) is 9.05. The van der Waals surface area contributed by atoms with Crippen LogP contribution in [0.3, 0.4) is 0 Å². The maximum absolute atomic E-state index is 12.0. The van der Waals surface area contributed by atoms with Crippen LogP contribution in [0.1, 0.15) is 40.3 Å². The summed E-state index contributed by atoms with van der Waals surface area (Å²) >= 11 is 0. The Bertz CT molecular complexity index is 762. The van der Waals surface area contributed by atoms with Crippen molar-refractivity contribution in [2.45, 2.75) is 47.1 Å². The molecule has 2 aromatic rings. The summed E-state index contributed by atoms with van der Waals surface area (Å²) in [4.78, 5) is 12.0. The fourth-order valence-corrected chi connectivity index (χ4v) is 2.96. The SMILES string of the molecule is Cc1cc(C)c(C)c(/C=N/NC(=O)CNC(C)Cc2ccccc2)c1C.Cl. The molecule has 0 saturated carbocycles. The number of halogens is 1. The number of amides is 1. The average Bonchev–Trinajstić information content (AvgIpc) is 2.62. The number of hydrogen-bond acceptors (Lipinski definition) is 3. The minimum atomic E-state index is -0.138. The summed E-state index contributed by atoms with van der Waals surface area (Å²) in [5.74, 6) is -0.138. The van der Waals surface area contributed by atoms with Crippen molar-refractivity contribution in [1.29, 1.82) is 0 Å². The van der Waals surface area contributed by atoms with Gasteiger partial charge in [-0.15, -0.1) is 12.4 Å². The van der Waals surface area contributed by atoms with E-state index < -0.39 is 0 Å². The Morgan fingerprint density at radius 3 is 2.26 bits per heavy atom. The lowest BCUT2D eigenvalue weighted by Gasteiger charge is -2.13. The van der Waals surface area contributed by atoms with E-state index in [0.29, 0.717) is 0 Å². The first kappa shape index (κ1) is 22.9. The Hall–Kier alpha value is -2.17. The zero-order valence-corrected chi connectivity index (χ0v) is 17.6. The number of aryl methyl sites for hydroxylation is 2. The number of hydrogen-bond donors (Lipinski definition) is 2. The van der Waals surface area contributed by atoms with Crippen molar-refractivity contribution < 1.29 is 4.79 Å². The zero-order valence-electron chi connectivity index (χ0n) is 16.8. The van der Waals surface area contributed by atoms with Crippen molar-refractivity contribution in [1.82, 2.24) is 10.7 Å². The van der Waals surface area contributed by atoms with Crippen LogP contribution in [-0.4, -0.2) is 24.7 Å². The van der Waals surface area contributed by atoms with Gasteiger partial charge in [-0.3, -0.25) is 4.79 Å². The van der Waals surface area contributed by atoms with Crippen molar-refractivity contribution in [2.75, 3.05) is 6.54 Å². The smallest absolute Gasteiger partial charge is 0.254 e. The molecule has 0 aliphatic carbocycles. The molecule has 2 rings (SSSR count). The monoisotopic (exact) mass is 387 g/mol. The van der Waals surface area contributed by atoms with Crippen LogP contribution in [0.2, 0.25) is 0 Å². The summed E-state index contributed by atoms with van der Waals surface area (Å²) in [5.41, 5.74) is 9.80. The van der Waals surface area contributed by atoms with Gasteiger partial charge in [0.1, 0.15) is 0 Å². The van der Waals surface area contributed by atoms with Crippen molar-refractivity contribution in [3.8, 4) is 0 Å². The summed E-state index contributed by atoms with van der Waals surface area (Å²) in [6.45, 7) is 10.7. The maximum atomic E-state index is 12.0. The molecule has 0 fully saturated rings. The highest BCUT2D eigenvalue weighted by Crippen LogP contribution is 2.19. The van der Waals surface area contributed by atoms with Crippen molar-refractivity contribution >= 4 is 24.5 Å². The second-order valence-corrected chi connectivity index (χ2v) is 6.94. The Labute approximate surface area is 168 Å². The topological polar surface area (TPSA) is 53.5 Å². The molecule has 0 radical (unpaired) electrons. The van der Waals surface area contributed by atoms with Crippen LogP contribution in [0.5, 0.6) is 0 Å². The van der Waals surface area contributed by atoms with Gasteiger partial charge in [0.2, 0.25) is 0 Å².